The lowest BCUT2D eigenvalue weighted by Crippen LogP contribution is -2.30. The van der Waals surface area contributed by atoms with Gasteiger partial charge in [-0.05, 0) is 53.7 Å². The van der Waals surface area contributed by atoms with Crippen LogP contribution in [0.2, 0.25) is 0 Å². The zero-order valence-electron chi connectivity index (χ0n) is 17.0. The van der Waals surface area contributed by atoms with Gasteiger partial charge in [0.2, 0.25) is 0 Å². The molecule has 1 saturated carbocycles. The number of aryl methyl sites for hydroxylation is 1. The third kappa shape index (κ3) is 4.61. The smallest absolute Gasteiger partial charge is 0.0432 e. The van der Waals surface area contributed by atoms with Gasteiger partial charge in [-0.15, -0.1) is 0 Å². The van der Waals surface area contributed by atoms with Gasteiger partial charge in [-0.2, -0.15) is 0 Å². The van der Waals surface area contributed by atoms with E-state index in [1.807, 2.05) is 6.20 Å². The molecule has 1 aromatic rings. The predicted molar refractivity (Wildman–Crippen MR) is 106 cm³/mol. The molecule has 0 amide bonds. The molecule has 1 heteroatoms. The second-order valence-electron chi connectivity index (χ2n) is 9.13. The molecule has 0 radical (unpaired) electrons. The van der Waals surface area contributed by atoms with Crippen molar-refractivity contribution in [3.63, 3.8) is 0 Å². The first kappa shape index (κ1) is 19.5. The lowest BCUT2D eigenvalue weighted by atomic mass is 9.64. The highest BCUT2D eigenvalue weighted by Crippen LogP contribution is 2.47. The molecule has 1 fully saturated rings. The Labute approximate surface area is 150 Å². The zero-order chi connectivity index (χ0) is 17.7. The molecule has 2 atom stereocenters. The number of aromatic nitrogens is 1. The van der Waals surface area contributed by atoms with Crippen LogP contribution in [0.1, 0.15) is 102 Å². The van der Waals surface area contributed by atoms with Gasteiger partial charge >= 0.3 is 0 Å². The molecular weight excluding hydrogens is 290 g/mol. The Morgan fingerprint density at radius 1 is 1.08 bits per heavy atom. The van der Waals surface area contributed by atoms with Crippen molar-refractivity contribution in [2.45, 2.75) is 98.8 Å². The van der Waals surface area contributed by atoms with E-state index < -0.39 is 0 Å². The van der Waals surface area contributed by atoms with Crippen molar-refractivity contribution in [3.8, 4) is 0 Å². The first-order valence-corrected chi connectivity index (χ1v) is 10.3. The summed E-state index contributed by atoms with van der Waals surface area (Å²) in [6.07, 6.45) is 13.1. The Kier molecular flexibility index (Phi) is 6.89. The van der Waals surface area contributed by atoms with E-state index in [2.05, 4.69) is 52.6 Å². The van der Waals surface area contributed by atoms with E-state index in [4.69, 9.17) is 0 Å². The van der Waals surface area contributed by atoms with E-state index in [0.717, 1.165) is 18.3 Å². The van der Waals surface area contributed by atoms with Gasteiger partial charge in [0.25, 0.3) is 0 Å². The Morgan fingerprint density at radius 3 is 2.21 bits per heavy atom. The van der Waals surface area contributed by atoms with Crippen LogP contribution in [-0.4, -0.2) is 4.98 Å². The zero-order valence-corrected chi connectivity index (χ0v) is 17.0. The topological polar surface area (TPSA) is 12.9 Å². The highest BCUT2D eigenvalue weighted by atomic mass is 14.7. The predicted octanol–water partition coefficient (Wildman–Crippen LogP) is 7.08. The number of nitrogens with zero attached hydrogens (tertiary/aromatic N) is 1. The average molecular weight is 330 g/mol. The number of hydrogen-bond acceptors (Lipinski definition) is 1. The summed E-state index contributed by atoms with van der Waals surface area (Å²) < 4.78 is 0. The van der Waals surface area contributed by atoms with E-state index in [1.54, 1.807) is 5.56 Å². The summed E-state index contributed by atoms with van der Waals surface area (Å²) in [6, 6.07) is 2.31. The molecule has 0 saturated heterocycles. The fourth-order valence-corrected chi connectivity index (χ4v) is 5.11. The van der Waals surface area contributed by atoms with Crippen molar-refractivity contribution in [2.24, 2.45) is 17.3 Å². The molecule has 1 aromatic heterocycles. The van der Waals surface area contributed by atoms with Gasteiger partial charge in [-0.1, -0.05) is 79.6 Å². The molecule has 2 rings (SSSR count). The van der Waals surface area contributed by atoms with Gasteiger partial charge in [0.05, 0.1) is 0 Å². The molecule has 24 heavy (non-hydrogen) atoms. The first-order valence-electron chi connectivity index (χ1n) is 10.3. The summed E-state index contributed by atoms with van der Waals surface area (Å²) >= 11 is 0. The number of rotatable bonds is 4. The molecule has 0 bridgehead atoms. The van der Waals surface area contributed by atoms with Crippen LogP contribution in [0.15, 0.2) is 12.3 Å². The quantitative estimate of drug-likeness (QED) is 0.575. The summed E-state index contributed by atoms with van der Waals surface area (Å²) in [7, 11) is 0. The molecule has 1 heterocycles. The minimum absolute atomic E-state index is 0.291. The maximum Gasteiger partial charge on any atom is 0.0432 e. The molecule has 2 unspecified atom stereocenters. The van der Waals surface area contributed by atoms with Crippen LogP contribution in [0.4, 0.5) is 0 Å². The maximum atomic E-state index is 4.62. The lowest BCUT2D eigenvalue weighted by molar-refractivity contribution is 0.165. The van der Waals surface area contributed by atoms with Crippen LogP contribution < -0.4 is 0 Å². The molecule has 136 valence electrons. The Balaban J connectivity index is 2.34. The molecule has 1 aliphatic carbocycles. The van der Waals surface area contributed by atoms with Crippen LogP contribution in [0.5, 0.6) is 0 Å². The summed E-state index contributed by atoms with van der Waals surface area (Å²) in [4.78, 5) is 4.62. The summed E-state index contributed by atoms with van der Waals surface area (Å²) in [5.41, 5.74) is 4.58. The van der Waals surface area contributed by atoms with Crippen LogP contribution in [-0.2, 0) is 6.42 Å². The Morgan fingerprint density at radius 2 is 1.67 bits per heavy atom. The molecule has 0 N–H and O–H groups in total. The van der Waals surface area contributed by atoms with Gasteiger partial charge in [0, 0.05) is 11.9 Å². The minimum atomic E-state index is 0.291. The second kappa shape index (κ2) is 8.50. The van der Waals surface area contributed by atoms with E-state index in [-0.39, 0.29) is 0 Å². The summed E-state index contributed by atoms with van der Waals surface area (Å²) in [5, 5.41) is 0. The highest BCUT2D eigenvalue weighted by molar-refractivity contribution is 5.33. The van der Waals surface area contributed by atoms with Gasteiger partial charge in [0.1, 0.15) is 0 Å². The van der Waals surface area contributed by atoms with Crippen molar-refractivity contribution in [3.05, 3.63) is 29.1 Å². The van der Waals surface area contributed by atoms with Crippen molar-refractivity contribution >= 4 is 0 Å². The van der Waals surface area contributed by atoms with Crippen molar-refractivity contribution in [1.29, 1.82) is 0 Å². The van der Waals surface area contributed by atoms with E-state index >= 15 is 0 Å². The Bertz CT molecular complexity index is 503. The Hall–Kier alpha value is -0.850. The van der Waals surface area contributed by atoms with Crippen LogP contribution in [0, 0.1) is 24.2 Å². The van der Waals surface area contributed by atoms with E-state index in [0.29, 0.717) is 11.3 Å². The molecular formula is C23H39N. The highest BCUT2D eigenvalue weighted by Gasteiger charge is 2.36. The molecule has 0 aromatic carbocycles. The number of pyridine rings is 1. The monoisotopic (exact) mass is 329 g/mol. The maximum absolute atomic E-state index is 4.62. The lowest BCUT2D eigenvalue weighted by Gasteiger charge is -2.41. The third-order valence-corrected chi connectivity index (χ3v) is 6.37. The molecule has 1 nitrogen and oxygen atoms in total. The van der Waals surface area contributed by atoms with E-state index in [9.17, 15) is 0 Å². The van der Waals surface area contributed by atoms with Crippen molar-refractivity contribution < 1.29 is 0 Å². The fourth-order valence-electron chi connectivity index (χ4n) is 5.11. The van der Waals surface area contributed by atoms with Crippen LogP contribution in [0.25, 0.3) is 0 Å². The van der Waals surface area contributed by atoms with Gasteiger partial charge in [-0.25, -0.2) is 0 Å². The molecule has 0 spiro atoms. The standard InChI is InChI=1S/C23H39N/c1-7-21-18(3)20(15-16-24-21)22(23(4,5)6)17(2)19-13-11-9-8-10-12-14-19/h15-17,19,22H,7-14H2,1-6H3. The SMILES string of the molecule is CCc1nccc(C(C(C)C2CCCCCCC2)C(C)(C)C)c1C. The van der Waals surface area contributed by atoms with Crippen LogP contribution in [0.3, 0.4) is 0 Å². The largest absolute Gasteiger partial charge is 0.261 e. The van der Waals surface area contributed by atoms with Crippen molar-refractivity contribution in [1.82, 2.24) is 4.98 Å². The van der Waals surface area contributed by atoms with Gasteiger partial charge < -0.3 is 0 Å². The first-order chi connectivity index (χ1) is 11.4. The third-order valence-electron chi connectivity index (χ3n) is 6.37. The van der Waals surface area contributed by atoms with Crippen molar-refractivity contribution in [2.75, 3.05) is 0 Å². The summed E-state index contributed by atoms with van der Waals surface area (Å²) in [6.45, 7) is 14.4. The van der Waals surface area contributed by atoms with Crippen LogP contribution >= 0.6 is 0 Å². The van der Waals surface area contributed by atoms with Gasteiger partial charge in [0.15, 0.2) is 0 Å². The fraction of sp³-hybridized carbons (Fsp3) is 0.783. The molecule has 1 aliphatic rings. The minimum Gasteiger partial charge on any atom is -0.261 e. The summed E-state index contributed by atoms with van der Waals surface area (Å²) in [5.74, 6) is 2.25. The normalized spacial score (nSPS) is 20.2. The second-order valence-corrected chi connectivity index (χ2v) is 9.13. The number of hydrogen-bond donors (Lipinski definition) is 0. The van der Waals surface area contributed by atoms with Gasteiger partial charge in [-0.3, -0.25) is 4.98 Å². The average Bonchev–Trinajstić information content (AvgIpc) is 2.47. The molecule has 0 aliphatic heterocycles. The van der Waals surface area contributed by atoms with E-state index in [1.165, 1.54) is 56.2 Å².